The van der Waals surface area contributed by atoms with E-state index in [1.54, 1.807) is 73.2 Å². The molecule has 2 aromatic heterocycles. The molecule has 4 aromatic rings. The minimum Gasteiger partial charge on any atom is -0.424 e. The number of aromatic amines is 1. The lowest BCUT2D eigenvalue weighted by atomic mass is 10.1. The van der Waals surface area contributed by atoms with Crippen LogP contribution in [0.25, 0.3) is 11.1 Å². The van der Waals surface area contributed by atoms with Crippen molar-refractivity contribution in [3.63, 3.8) is 0 Å². The molecule has 144 valence electrons. The van der Waals surface area contributed by atoms with Gasteiger partial charge in [0.1, 0.15) is 11.4 Å². The molecule has 0 atom stereocenters. The number of nitrogens with zero attached hydrogens (tertiary/aromatic N) is 2. The van der Waals surface area contributed by atoms with Crippen LogP contribution in [0.4, 0.5) is 5.69 Å². The van der Waals surface area contributed by atoms with Crippen molar-refractivity contribution in [2.24, 2.45) is 0 Å². The summed E-state index contributed by atoms with van der Waals surface area (Å²) in [5, 5.41) is 3.78. The van der Waals surface area contributed by atoms with Crippen LogP contribution >= 0.6 is 23.2 Å². The lowest BCUT2D eigenvalue weighted by Gasteiger charge is -2.10. The first-order valence-corrected chi connectivity index (χ1v) is 9.35. The second kappa shape index (κ2) is 8.34. The summed E-state index contributed by atoms with van der Waals surface area (Å²) in [5.74, 6) is 0.235. The summed E-state index contributed by atoms with van der Waals surface area (Å²) in [7, 11) is 0. The molecular weight excluding hydrogens is 411 g/mol. The molecule has 0 fully saturated rings. The predicted octanol–water partition coefficient (Wildman–Crippen LogP) is 5.82. The van der Waals surface area contributed by atoms with Gasteiger partial charge in [-0.1, -0.05) is 29.3 Å². The molecule has 1 amide bonds. The molecule has 2 aromatic carbocycles. The molecule has 2 N–H and O–H groups in total. The number of hydrogen-bond donors (Lipinski definition) is 2. The molecule has 0 saturated heterocycles. The second-order valence-electron chi connectivity index (χ2n) is 5.97. The molecule has 8 heteroatoms. The Morgan fingerprint density at radius 2 is 1.62 bits per heavy atom. The van der Waals surface area contributed by atoms with Crippen LogP contribution in [0.1, 0.15) is 10.5 Å². The summed E-state index contributed by atoms with van der Waals surface area (Å²) in [6.45, 7) is 0. The maximum Gasteiger partial charge on any atom is 0.321 e. The van der Waals surface area contributed by atoms with Crippen molar-refractivity contribution in [2.75, 3.05) is 5.32 Å². The molecule has 29 heavy (non-hydrogen) atoms. The number of carbonyl (C=O) groups excluding carboxylic acids is 1. The Bertz CT molecular complexity index is 1120. The molecule has 0 aliphatic rings. The van der Waals surface area contributed by atoms with E-state index in [4.69, 9.17) is 27.9 Å². The quantitative estimate of drug-likeness (QED) is 0.422. The van der Waals surface area contributed by atoms with Crippen molar-refractivity contribution in [3.05, 3.63) is 88.9 Å². The first-order valence-electron chi connectivity index (χ1n) is 8.60. The average molecular weight is 425 g/mol. The summed E-state index contributed by atoms with van der Waals surface area (Å²) in [4.78, 5) is 23.7. The van der Waals surface area contributed by atoms with Gasteiger partial charge in [-0.25, -0.2) is 9.97 Å². The van der Waals surface area contributed by atoms with E-state index in [2.05, 4.69) is 20.3 Å². The number of H-pyrrole nitrogens is 1. The minimum absolute atomic E-state index is 0.247. The summed E-state index contributed by atoms with van der Waals surface area (Å²) in [5.41, 5.74) is 2.19. The van der Waals surface area contributed by atoms with Gasteiger partial charge in [0.25, 0.3) is 5.91 Å². The first kappa shape index (κ1) is 19.0. The Morgan fingerprint density at radius 1 is 0.931 bits per heavy atom. The van der Waals surface area contributed by atoms with E-state index in [9.17, 15) is 4.79 Å². The van der Waals surface area contributed by atoms with E-state index >= 15 is 0 Å². The van der Waals surface area contributed by atoms with Gasteiger partial charge in [-0.2, -0.15) is 0 Å². The van der Waals surface area contributed by atoms with E-state index in [1.165, 1.54) is 0 Å². The fourth-order valence-corrected chi connectivity index (χ4v) is 3.37. The van der Waals surface area contributed by atoms with E-state index in [0.29, 0.717) is 38.3 Å². The highest BCUT2D eigenvalue weighted by molar-refractivity contribution is 6.39. The standard InChI is InChI=1S/C21H14Cl2N4O2/c22-16-3-1-4-17(23)18(16)15-9-12-24-19(15)20(28)27-13-5-7-14(8-6-13)29-21-25-10-2-11-26-21/h1-12,24H,(H,27,28). The highest BCUT2D eigenvalue weighted by Gasteiger charge is 2.18. The smallest absolute Gasteiger partial charge is 0.321 e. The number of anilines is 1. The Labute approximate surface area is 176 Å². The molecular formula is C21H14Cl2N4O2. The Morgan fingerprint density at radius 3 is 2.31 bits per heavy atom. The molecule has 6 nitrogen and oxygen atoms in total. The maximum absolute atomic E-state index is 12.8. The van der Waals surface area contributed by atoms with E-state index in [0.717, 1.165) is 0 Å². The molecule has 0 aliphatic heterocycles. The first-order chi connectivity index (χ1) is 14.1. The lowest BCUT2D eigenvalue weighted by Crippen LogP contribution is -2.13. The summed E-state index contributed by atoms with van der Waals surface area (Å²) in [6, 6.07) is 15.8. The fraction of sp³-hybridized carbons (Fsp3) is 0. The topological polar surface area (TPSA) is 79.9 Å². The Kier molecular flexibility index (Phi) is 5.46. The summed E-state index contributed by atoms with van der Waals surface area (Å²) in [6.07, 6.45) is 4.85. The highest BCUT2D eigenvalue weighted by atomic mass is 35.5. The van der Waals surface area contributed by atoms with Gasteiger partial charge in [-0.05, 0) is 48.5 Å². The van der Waals surface area contributed by atoms with Gasteiger partial charge in [0.15, 0.2) is 0 Å². The summed E-state index contributed by atoms with van der Waals surface area (Å²) >= 11 is 12.6. The molecule has 0 saturated carbocycles. The number of ether oxygens (including phenoxy) is 1. The predicted molar refractivity (Wildman–Crippen MR) is 113 cm³/mol. The largest absolute Gasteiger partial charge is 0.424 e. The molecule has 2 heterocycles. The van der Waals surface area contributed by atoms with Crippen LogP contribution in [-0.4, -0.2) is 20.9 Å². The monoisotopic (exact) mass is 424 g/mol. The van der Waals surface area contributed by atoms with Gasteiger partial charge in [-0.15, -0.1) is 0 Å². The molecule has 4 rings (SSSR count). The average Bonchev–Trinajstić information content (AvgIpc) is 3.20. The molecule has 0 bridgehead atoms. The zero-order chi connectivity index (χ0) is 20.2. The van der Waals surface area contributed by atoms with Crippen molar-refractivity contribution in [1.29, 1.82) is 0 Å². The third kappa shape index (κ3) is 4.23. The number of carbonyl (C=O) groups is 1. The maximum atomic E-state index is 12.8. The normalized spacial score (nSPS) is 10.6. The molecule has 0 spiro atoms. The number of aromatic nitrogens is 3. The third-order valence-corrected chi connectivity index (χ3v) is 4.70. The van der Waals surface area contributed by atoms with Crippen LogP contribution in [0.5, 0.6) is 11.8 Å². The number of benzene rings is 2. The second-order valence-corrected chi connectivity index (χ2v) is 6.79. The Hall–Kier alpha value is -3.35. The van der Waals surface area contributed by atoms with Crippen molar-refractivity contribution in [2.45, 2.75) is 0 Å². The van der Waals surface area contributed by atoms with Crippen LogP contribution in [-0.2, 0) is 0 Å². The SMILES string of the molecule is O=C(Nc1ccc(Oc2ncccn2)cc1)c1[nH]ccc1-c1c(Cl)cccc1Cl. The van der Waals surface area contributed by atoms with Crippen LogP contribution < -0.4 is 10.1 Å². The molecule has 0 radical (unpaired) electrons. The van der Waals surface area contributed by atoms with Gasteiger partial charge in [-0.3, -0.25) is 4.79 Å². The number of nitrogens with one attached hydrogen (secondary N) is 2. The number of rotatable bonds is 5. The van der Waals surface area contributed by atoms with E-state index < -0.39 is 0 Å². The zero-order valence-corrected chi connectivity index (χ0v) is 16.4. The van der Waals surface area contributed by atoms with Gasteiger partial charge in [0, 0.05) is 45.5 Å². The van der Waals surface area contributed by atoms with E-state index in [-0.39, 0.29) is 11.9 Å². The van der Waals surface area contributed by atoms with Crippen molar-refractivity contribution >= 4 is 34.8 Å². The van der Waals surface area contributed by atoms with E-state index in [1.807, 2.05) is 0 Å². The Balaban J connectivity index is 1.52. The van der Waals surface area contributed by atoms with Crippen molar-refractivity contribution in [3.8, 4) is 22.9 Å². The number of amides is 1. The van der Waals surface area contributed by atoms with Crippen molar-refractivity contribution < 1.29 is 9.53 Å². The lowest BCUT2D eigenvalue weighted by molar-refractivity contribution is 0.102. The van der Waals surface area contributed by atoms with Crippen LogP contribution in [0.2, 0.25) is 10.0 Å². The number of hydrogen-bond acceptors (Lipinski definition) is 4. The number of halogens is 2. The van der Waals surface area contributed by atoms with Gasteiger partial charge < -0.3 is 15.0 Å². The van der Waals surface area contributed by atoms with Crippen LogP contribution in [0.15, 0.2) is 73.2 Å². The fourth-order valence-electron chi connectivity index (χ4n) is 2.76. The third-order valence-electron chi connectivity index (χ3n) is 4.07. The van der Waals surface area contributed by atoms with Gasteiger partial charge in [0.05, 0.1) is 0 Å². The van der Waals surface area contributed by atoms with Crippen molar-refractivity contribution in [1.82, 2.24) is 15.0 Å². The van der Waals surface area contributed by atoms with Crippen LogP contribution in [0, 0.1) is 0 Å². The summed E-state index contributed by atoms with van der Waals surface area (Å²) < 4.78 is 5.54. The van der Waals surface area contributed by atoms with Gasteiger partial charge >= 0.3 is 6.01 Å². The minimum atomic E-state index is -0.318. The highest BCUT2D eigenvalue weighted by Crippen LogP contribution is 2.36. The zero-order valence-electron chi connectivity index (χ0n) is 14.9. The molecule has 0 aliphatic carbocycles. The molecule has 0 unspecified atom stereocenters. The van der Waals surface area contributed by atoms with Crippen LogP contribution in [0.3, 0.4) is 0 Å². The van der Waals surface area contributed by atoms with Gasteiger partial charge in [0.2, 0.25) is 0 Å².